The van der Waals surface area contributed by atoms with Crippen molar-refractivity contribution >= 4 is 11.0 Å². The lowest BCUT2D eigenvalue weighted by atomic mass is 9.99. The van der Waals surface area contributed by atoms with E-state index < -0.39 is 6.10 Å². The van der Waals surface area contributed by atoms with Gasteiger partial charge in [0.05, 0.1) is 23.5 Å². The van der Waals surface area contributed by atoms with E-state index in [2.05, 4.69) is 22.2 Å². The summed E-state index contributed by atoms with van der Waals surface area (Å²) in [7, 11) is 0. The SMILES string of the molecule is CC(CCn1ccnc1)NC1CCn2c(=O)[nH]c3cccc(c32)C1O. The van der Waals surface area contributed by atoms with Crippen LogP contribution in [0.15, 0.2) is 41.7 Å². The Morgan fingerprint density at radius 1 is 1.48 bits per heavy atom. The van der Waals surface area contributed by atoms with Crippen LogP contribution in [0.5, 0.6) is 0 Å². The summed E-state index contributed by atoms with van der Waals surface area (Å²) in [4.78, 5) is 19.1. The summed E-state index contributed by atoms with van der Waals surface area (Å²) >= 11 is 0. The van der Waals surface area contributed by atoms with Crippen molar-refractivity contribution < 1.29 is 5.11 Å². The molecule has 0 saturated heterocycles. The molecule has 0 fully saturated rings. The van der Waals surface area contributed by atoms with E-state index in [1.807, 2.05) is 35.3 Å². The molecule has 7 heteroatoms. The molecule has 0 radical (unpaired) electrons. The summed E-state index contributed by atoms with van der Waals surface area (Å²) in [6.45, 7) is 3.60. The van der Waals surface area contributed by atoms with Gasteiger partial charge in [0.2, 0.25) is 0 Å². The molecule has 1 aliphatic rings. The van der Waals surface area contributed by atoms with Gasteiger partial charge in [-0.3, -0.25) is 4.57 Å². The molecule has 3 aromatic rings. The first-order chi connectivity index (χ1) is 12.1. The second kappa shape index (κ2) is 6.50. The number of aromatic amines is 1. The van der Waals surface area contributed by atoms with Gasteiger partial charge in [0, 0.05) is 43.1 Å². The van der Waals surface area contributed by atoms with Crippen molar-refractivity contribution in [2.45, 2.75) is 51.0 Å². The number of imidazole rings is 2. The zero-order valence-corrected chi connectivity index (χ0v) is 14.2. The number of hydrogen-bond donors (Lipinski definition) is 3. The molecular formula is C18H23N5O2. The highest BCUT2D eigenvalue weighted by Gasteiger charge is 2.28. The van der Waals surface area contributed by atoms with Crippen LogP contribution >= 0.6 is 0 Å². The van der Waals surface area contributed by atoms with E-state index in [-0.39, 0.29) is 17.8 Å². The molecule has 0 spiro atoms. The first kappa shape index (κ1) is 16.1. The Labute approximate surface area is 145 Å². The Balaban J connectivity index is 1.51. The van der Waals surface area contributed by atoms with Crippen LogP contribution in [-0.2, 0) is 13.1 Å². The standard InChI is InChI=1S/C18H23N5O2/c1-12(5-8-22-10-7-19-11-22)20-15-6-9-23-16-13(17(15)24)3-2-4-14(16)21-18(23)25/h2-4,7,10-12,15,17,20,24H,5-6,8-9H2,1H3,(H,21,25). The Hall–Kier alpha value is -2.38. The second-order valence-corrected chi connectivity index (χ2v) is 6.82. The number of nitrogens with one attached hydrogen (secondary N) is 2. The summed E-state index contributed by atoms with van der Waals surface area (Å²) in [6, 6.07) is 5.84. The van der Waals surface area contributed by atoms with Crippen LogP contribution in [0.3, 0.4) is 0 Å². The molecular weight excluding hydrogens is 318 g/mol. The number of aryl methyl sites for hydroxylation is 2. The van der Waals surface area contributed by atoms with Crippen LogP contribution in [0.2, 0.25) is 0 Å². The third kappa shape index (κ3) is 3.01. The molecule has 0 bridgehead atoms. The second-order valence-electron chi connectivity index (χ2n) is 6.82. The van der Waals surface area contributed by atoms with Gasteiger partial charge in [-0.15, -0.1) is 0 Å². The summed E-state index contributed by atoms with van der Waals surface area (Å²) in [5, 5.41) is 14.5. The number of H-pyrrole nitrogens is 1. The van der Waals surface area contributed by atoms with Gasteiger partial charge in [0.1, 0.15) is 0 Å². The largest absolute Gasteiger partial charge is 0.387 e. The first-order valence-corrected chi connectivity index (χ1v) is 8.75. The van der Waals surface area contributed by atoms with Crippen molar-refractivity contribution in [1.82, 2.24) is 24.4 Å². The maximum atomic E-state index is 12.2. The number of aliphatic hydroxyl groups is 1. The van der Waals surface area contributed by atoms with E-state index in [1.54, 1.807) is 10.8 Å². The number of rotatable bonds is 5. The van der Waals surface area contributed by atoms with Crippen LogP contribution in [0.1, 0.15) is 31.4 Å². The molecule has 25 heavy (non-hydrogen) atoms. The third-order valence-electron chi connectivity index (χ3n) is 5.07. The lowest BCUT2D eigenvalue weighted by molar-refractivity contribution is 0.118. The molecule has 0 amide bonds. The predicted octanol–water partition coefficient (Wildman–Crippen LogP) is 1.40. The summed E-state index contributed by atoms with van der Waals surface area (Å²) in [5.41, 5.74) is 2.32. The number of para-hydroxylation sites is 1. The van der Waals surface area contributed by atoms with Gasteiger partial charge in [-0.25, -0.2) is 9.78 Å². The fraction of sp³-hybridized carbons (Fsp3) is 0.444. The van der Waals surface area contributed by atoms with Gasteiger partial charge < -0.3 is 20.0 Å². The van der Waals surface area contributed by atoms with Gasteiger partial charge in [0.15, 0.2) is 0 Å². The van der Waals surface area contributed by atoms with E-state index in [0.717, 1.165) is 29.6 Å². The van der Waals surface area contributed by atoms with Gasteiger partial charge in [0.25, 0.3) is 0 Å². The van der Waals surface area contributed by atoms with Crippen LogP contribution in [0, 0.1) is 0 Å². The Morgan fingerprint density at radius 3 is 3.16 bits per heavy atom. The van der Waals surface area contributed by atoms with Crippen molar-refractivity contribution in [3.63, 3.8) is 0 Å². The molecule has 0 aliphatic carbocycles. The molecule has 2 aromatic heterocycles. The highest BCUT2D eigenvalue weighted by molar-refractivity contribution is 5.79. The summed E-state index contributed by atoms with van der Waals surface area (Å²) in [5.74, 6) is 0. The molecule has 3 heterocycles. The van der Waals surface area contributed by atoms with E-state index in [0.29, 0.717) is 13.0 Å². The number of hydrogen-bond acceptors (Lipinski definition) is 4. The Morgan fingerprint density at radius 2 is 2.36 bits per heavy atom. The minimum Gasteiger partial charge on any atom is -0.387 e. The van der Waals surface area contributed by atoms with Crippen molar-refractivity contribution in [3.05, 3.63) is 53.0 Å². The van der Waals surface area contributed by atoms with Crippen LogP contribution in [0.25, 0.3) is 11.0 Å². The van der Waals surface area contributed by atoms with E-state index in [1.165, 1.54) is 0 Å². The smallest absolute Gasteiger partial charge is 0.326 e. The predicted molar refractivity (Wildman–Crippen MR) is 95.4 cm³/mol. The average Bonchev–Trinajstić information content (AvgIpc) is 3.19. The quantitative estimate of drug-likeness (QED) is 0.655. The topological polar surface area (TPSA) is 87.9 Å². The highest BCUT2D eigenvalue weighted by atomic mass is 16.3. The monoisotopic (exact) mass is 341 g/mol. The van der Waals surface area contributed by atoms with Crippen molar-refractivity contribution in [3.8, 4) is 0 Å². The molecule has 3 unspecified atom stereocenters. The number of nitrogens with zero attached hydrogens (tertiary/aromatic N) is 3. The zero-order valence-electron chi connectivity index (χ0n) is 14.2. The van der Waals surface area contributed by atoms with Gasteiger partial charge in [-0.1, -0.05) is 12.1 Å². The van der Waals surface area contributed by atoms with Crippen molar-refractivity contribution in [1.29, 1.82) is 0 Å². The fourth-order valence-electron chi connectivity index (χ4n) is 3.73. The minimum atomic E-state index is -0.636. The number of benzene rings is 1. The Bertz CT molecular complexity index is 911. The molecule has 132 valence electrons. The van der Waals surface area contributed by atoms with Gasteiger partial charge in [-0.05, 0) is 25.8 Å². The highest BCUT2D eigenvalue weighted by Crippen LogP contribution is 2.29. The normalized spacial score (nSPS) is 21.4. The summed E-state index contributed by atoms with van der Waals surface area (Å²) in [6.07, 6.45) is 6.55. The van der Waals surface area contributed by atoms with E-state index in [4.69, 9.17) is 0 Å². The lowest BCUT2D eigenvalue weighted by Gasteiger charge is -2.26. The molecule has 1 aromatic carbocycles. The van der Waals surface area contributed by atoms with Crippen LogP contribution in [0.4, 0.5) is 0 Å². The van der Waals surface area contributed by atoms with Gasteiger partial charge >= 0.3 is 5.69 Å². The van der Waals surface area contributed by atoms with E-state index in [9.17, 15) is 9.90 Å². The average molecular weight is 341 g/mol. The van der Waals surface area contributed by atoms with E-state index >= 15 is 0 Å². The molecule has 0 saturated carbocycles. The van der Waals surface area contributed by atoms with Crippen LogP contribution < -0.4 is 11.0 Å². The molecule has 3 N–H and O–H groups in total. The van der Waals surface area contributed by atoms with Crippen molar-refractivity contribution in [2.24, 2.45) is 0 Å². The maximum absolute atomic E-state index is 12.2. The molecule has 3 atom stereocenters. The lowest BCUT2D eigenvalue weighted by Crippen LogP contribution is -2.41. The fourth-order valence-corrected chi connectivity index (χ4v) is 3.73. The molecule has 1 aliphatic heterocycles. The zero-order chi connectivity index (χ0) is 17.4. The Kier molecular flexibility index (Phi) is 4.19. The van der Waals surface area contributed by atoms with Crippen LogP contribution in [-0.4, -0.2) is 36.3 Å². The molecule has 7 nitrogen and oxygen atoms in total. The maximum Gasteiger partial charge on any atom is 0.326 e. The minimum absolute atomic E-state index is 0.0808. The van der Waals surface area contributed by atoms with Crippen molar-refractivity contribution in [2.75, 3.05) is 0 Å². The first-order valence-electron chi connectivity index (χ1n) is 8.75. The third-order valence-corrected chi connectivity index (χ3v) is 5.07. The van der Waals surface area contributed by atoms with Gasteiger partial charge in [-0.2, -0.15) is 0 Å². The number of aliphatic hydroxyl groups excluding tert-OH is 1. The molecule has 4 rings (SSSR count). The number of aromatic nitrogens is 4. The summed E-state index contributed by atoms with van der Waals surface area (Å²) < 4.78 is 3.79.